The molecule has 1 aliphatic rings. The normalized spacial score (nSPS) is 13.1. The second kappa shape index (κ2) is 11.0. The van der Waals surface area contributed by atoms with Gasteiger partial charge in [0.1, 0.15) is 24.2 Å². The number of hydrogen-bond acceptors (Lipinski definition) is 10. The Morgan fingerprint density at radius 3 is 2.62 bits per heavy atom. The van der Waals surface area contributed by atoms with Crippen LogP contribution >= 0.6 is 23.1 Å². The van der Waals surface area contributed by atoms with E-state index in [1.165, 1.54) is 0 Å². The van der Waals surface area contributed by atoms with E-state index in [1.54, 1.807) is 39.0 Å². The third-order valence-electron chi connectivity index (χ3n) is 7.26. The lowest BCUT2D eigenvalue weighted by atomic mass is 10.0. The molecule has 0 unspecified atom stereocenters. The van der Waals surface area contributed by atoms with Crippen LogP contribution in [0.25, 0.3) is 22.2 Å². The highest BCUT2D eigenvalue weighted by atomic mass is 79.9. The van der Waals surface area contributed by atoms with E-state index in [9.17, 15) is 4.57 Å². The topological polar surface area (TPSA) is 134 Å². The number of anilines is 5. The fourth-order valence-corrected chi connectivity index (χ4v) is 7.03. The number of methoxy groups -OCH3 is 1. The Balaban J connectivity index is 1.40. The molecular weight excluding hydrogens is 617 g/mol. The molecule has 0 aliphatic carbocycles. The smallest absolute Gasteiger partial charge is 0.229 e. The predicted octanol–water partition coefficient (Wildman–Crippen LogP) is 6.09. The summed E-state index contributed by atoms with van der Waals surface area (Å²) in [5, 5.41) is 14.8. The minimum Gasteiger partial charge on any atom is -0.494 e. The van der Waals surface area contributed by atoms with Crippen LogP contribution in [0.4, 0.5) is 28.8 Å². The highest BCUT2D eigenvalue weighted by Gasteiger charge is 2.26. The number of fused-ring (bicyclic) bond motifs is 4. The third-order valence-corrected chi connectivity index (χ3v) is 9.37. The van der Waals surface area contributed by atoms with Gasteiger partial charge < -0.3 is 24.8 Å². The van der Waals surface area contributed by atoms with E-state index in [2.05, 4.69) is 82.6 Å². The Morgan fingerprint density at radius 1 is 1.05 bits per heavy atom. The monoisotopic (exact) mass is 647 g/mol. The van der Waals surface area contributed by atoms with Gasteiger partial charge in [-0.3, -0.25) is 15.1 Å². The van der Waals surface area contributed by atoms with Crippen molar-refractivity contribution >= 4 is 68.2 Å². The summed E-state index contributed by atoms with van der Waals surface area (Å²) in [5.74, 6) is 1.53. The first kappa shape index (κ1) is 28.1. The molecule has 0 saturated heterocycles. The second-order valence-electron chi connectivity index (χ2n) is 10.7. The molecule has 1 aliphatic heterocycles. The zero-order valence-corrected chi connectivity index (χ0v) is 26.4. The summed E-state index contributed by atoms with van der Waals surface area (Å²) in [6, 6.07) is 8.13. The summed E-state index contributed by atoms with van der Waals surface area (Å²) in [6.07, 6.45) is 7.63. The molecule has 0 atom stereocenters. The van der Waals surface area contributed by atoms with E-state index in [4.69, 9.17) is 9.72 Å². The molecule has 216 valence electrons. The first-order valence-electron chi connectivity index (χ1n) is 13.5. The lowest BCUT2D eigenvalue weighted by Crippen LogP contribution is -2.32. The van der Waals surface area contributed by atoms with Crippen molar-refractivity contribution in [3.63, 3.8) is 0 Å². The fourth-order valence-electron chi connectivity index (χ4n) is 5.34. The molecule has 3 N–H and O–H groups in total. The highest BCUT2D eigenvalue weighted by Crippen LogP contribution is 2.44. The van der Waals surface area contributed by atoms with E-state index in [1.807, 2.05) is 18.3 Å². The van der Waals surface area contributed by atoms with Crippen LogP contribution < -0.4 is 25.6 Å². The molecule has 13 heteroatoms. The largest absolute Gasteiger partial charge is 0.494 e. The lowest BCUT2D eigenvalue weighted by Gasteiger charge is -2.30. The van der Waals surface area contributed by atoms with Gasteiger partial charge in [-0.25, -0.2) is 4.98 Å². The van der Waals surface area contributed by atoms with Gasteiger partial charge in [0.2, 0.25) is 5.95 Å². The maximum absolute atomic E-state index is 13.4. The van der Waals surface area contributed by atoms with Crippen molar-refractivity contribution in [2.75, 3.05) is 42.5 Å². The SMILES string of the molecule is COc1cc2c(cc1Nc1ncc(Br)c(Nc3ccc4nccnc4c3P(C)(C)=O)n1)-c1cn[nH]c1CCN2C(C)C. The number of ether oxygens (including phenoxy) is 1. The zero-order chi connectivity index (χ0) is 29.6. The molecule has 0 fully saturated rings. The van der Waals surface area contributed by atoms with Crippen LogP contribution in [0, 0.1) is 0 Å². The average Bonchev–Trinajstić information content (AvgIpc) is 3.37. The number of hydrogen-bond donors (Lipinski definition) is 3. The molecule has 5 aromatic rings. The molecule has 42 heavy (non-hydrogen) atoms. The van der Waals surface area contributed by atoms with E-state index in [0.29, 0.717) is 50.1 Å². The van der Waals surface area contributed by atoms with Gasteiger partial charge in [0, 0.05) is 66.2 Å². The average molecular weight is 649 g/mol. The maximum Gasteiger partial charge on any atom is 0.229 e. The van der Waals surface area contributed by atoms with Crippen LogP contribution in [0.2, 0.25) is 0 Å². The molecule has 4 heterocycles. The predicted molar refractivity (Wildman–Crippen MR) is 172 cm³/mol. The Hall–Kier alpha value is -4.02. The summed E-state index contributed by atoms with van der Waals surface area (Å²) < 4.78 is 19.9. The van der Waals surface area contributed by atoms with Gasteiger partial charge in [0.15, 0.2) is 0 Å². The number of H-pyrrole nitrogens is 1. The minimum absolute atomic E-state index is 0.306. The highest BCUT2D eigenvalue weighted by molar-refractivity contribution is 9.10. The molecule has 2 aromatic carbocycles. The molecule has 3 aromatic heterocycles. The summed E-state index contributed by atoms with van der Waals surface area (Å²) in [6.45, 7) is 8.69. The summed E-state index contributed by atoms with van der Waals surface area (Å²) in [5.41, 5.74) is 6.94. The molecule has 0 radical (unpaired) electrons. The Kier molecular flexibility index (Phi) is 7.36. The van der Waals surface area contributed by atoms with Gasteiger partial charge in [-0.1, -0.05) is 0 Å². The minimum atomic E-state index is -2.75. The number of rotatable bonds is 7. The van der Waals surface area contributed by atoms with Gasteiger partial charge in [0.05, 0.1) is 40.0 Å². The van der Waals surface area contributed by atoms with Crippen molar-refractivity contribution in [3.05, 3.63) is 59.2 Å². The second-order valence-corrected chi connectivity index (χ2v) is 14.7. The van der Waals surface area contributed by atoms with Crippen LogP contribution in [0.3, 0.4) is 0 Å². The summed E-state index contributed by atoms with van der Waals surface area (Å²) in [7, 11) is -1.09. The van der Waals surface area contributed by atoms with Gasteiger partial charge in [-0.2, -0.15) is 10.1 Å². The summed E-state index contributed by atoms with van der Waals surface area (Å²) in [4.78, 5) is 20.5. The van der Waals surface area contributed by atoms with Crippen molar-refractivity contribution in [1.29, 1.82) is 0 Å². The van der Waals surface area contributed by atoms with Crippen molar-refractivity contribution in [2.24, 2.45) is 0 Å². The Labute approximate surface area is 252 Å². The first-order valence-corrected chi connectivity index (χ1v) is 16.9. The molecule has 0 amide bonds. The molecule has 0 saturated carbocycles. The van der Waals surface area contributed by atoms with Crippen LogP contribution in [0.15, 0.2) is 53.5 Å². The van der Waals surface area contributed by atoms with Gasteiger partial charge in [-0.15, -0.1) is 0 Å². The van der Waals surface area contributed by atoms with Gasteiger partial charge >= 0.3 is 0 Å². The molecular formula is C29H31BrN9O2P. The van der Waals surface area contributed by atoms with Crippen molar-refractivity contribution in [1.82, 2.24) is 30.1 Å². The van der Waals surface area contributed by atoms with Crippen molar-refractivity contribution in [3.8, 4) is 16.9 Å². The lowest BCUT2D eigenvalue weighted by molar-refractivity contribution is 0.416. The fraction of sp³-hybridized carbons (Fsp3) is 0.276. The molecule has 0 spiro atoms. The van der Waals surface area contributed by atoms with E-state index < -0.39 is 7.14 Å². The number of nitrogens with one attached hydrogen (secondary N) is 3. The standard InChI is InChI=1S/C29H31BrN9O2P/c1-16(2)39-11-8-20-18(14-34-38-20)17-12-23(25(41-3)13-24(17)39)36-29-33-15-19(30)28(37-29)35-22-7-6-21-26(32-10-9-31-21)27(22)42(4,5)40/h6-7,9-10,12-16H,8,11H2,1-5H3,(H,34,38)(H2,33,35,36,37). The van der Waals surface area contributed by atoms with E-state index >= 15 is 0 Å². The Bertz CT molecular complexity index is 1850. The maximum atomic E-state index is 13.4. The van der Waals surface area contributed by atoms with Crippen LogP contribution in [-0.2, 0) is 11.0 Å². The number of aromatic amines is 1. The van der Waals surface area contributed by atoms with Crippen LogP contribution in [-0.4, -0.2) is 63.2 Å². The van der Waals surface area contributed by atoms with E-state index in [0.717, 1.165) is 41.2 Å². The van der Waals surface area contributed by atoms with Crippen LogP contribution in [0.1, 0.15) is 19.5 Å². The molecule has 6 rings (SSSR count). The number of benzene rings is 2. The molecule has 0 bridgehead atoms. The van der Waals surface area contributed by atoms with Gasteiger partial charge in [0.25, 0.3) is 0 Å². The number of nitrogens with zero attached hydrogens (tertiary/aromatic N) is 6. The third kappa shape index (κ3) is 5.20. The zero-order valence-electron chi connectivity index (χ0n) is 23.9. The first-order chi connectivity index (χ1) is 20.1. The Morgan fingerprint density at radius 2 is 1.86 bits per heavy atom. The molecule has 11 nitrogen and oxygen atoms in total. The quantitative estimate of drug-likeness (QED) is 0.178. The van der Waals surface area contributed by atoms with Crippen molar-refractivity contribution < 1.29 is 9.30 Å². The summed E-state index contributed by atoms with van der Waals surface area (Å²) >= 11 is 3.56. The number of aromatic nitrogens is 6. The van der Waals surface area contributed by atoms with Gasteiger partial charge in [-0.05, 0) is 61.3 Å². The number of halogens is 1. The van der Waals surface area contributed by atoms with Crippen molar-refractivity contribution in [2.45, 2.75) is 26.3 Å². The van der Waals surface area contributed by atoms with E-state index in [-0.39, 0.29) is 0 Å². The van der Waals surface area contributed by atoms with Crippen LogP contribution in [0.5, 0.6) is 5.75 Å².